The van der Waals surface area contributed by atoms with Gasteiger partial charge in [-0.15, -0.1) is 0 Å². The minimum Gasteiger partial charge on any atom is -0.357 e. The lowest BCUT2D eigenvalue weighted by molar-refractivity contribution is -0.123. The summed E-state index contributed by atoms with van der Waals surface area (Å²) in [5.41, 5.74) is 0. The maximum atomic E-state index is 11.5. The van der Waals surface area contributed by atoms with Gasteiger partial charge in [-0.2, -0.15) is 0 Å². The van der Waals surface area contributed by atoms with Crippen molar-refractivity contribution < 1.29 is 4.79 Å². The summed E-state index contributed by atoms with van der Waals surface area (Å²) in [4.78, 5) is 18.6. The molecular formula is C17H35N5O. The molecule has 1 aliphatic heterocycles. The number of nitrogens with zero attached hydrogens (tertiary/aromatic N) is 2. The molecule has 1 heterocycles. The van der Waals surface area contributed by atoms with Gasteiger partial charge in [0, 0.05) is 44.2 Å². The lowest BCUT2D eigenvalue weighted by Crippen LogP contribution is -2.50. The van der Waals surface area contributed by atoms with Crippen molar-refractivity contribution in [1.82, 2.24) is 20.9 Å². The molecule has 1 saturated heterocycles. The third-order valence-electron chi connectivity index (χ3n) is 4.15. The Balaban J connectivity index is 2.36. The second kappa shape index (κ2) is 10.5. The molecule has 0 radical (unpaired) electrons. The smallest absolute Gasteiger partial charge is 0.222 e. The van der Waals surface area contributed by atoms with Crippen LogP contribution in [-0.4, -0.2) is 61.6 Å². The quantitative estimate of drug-likeness (QED) is 0.374. The van der Waals surface area contributed by atoms with Gasteiger partial charge >= 0.3 is 0 Å². The maximum Gasteiger partial charge on any atom is 0.222 e. The summed E-state index contributed by atoms with van der Waals surface area (Å²) >= 11 is 0. The topological polar surface area (TPSA) is 68.8 Å². The van der Waals surface area contributed by atoms with E-state index < -0.39 is 0 Å². The molecule has 0 aromatic carbocycles. The molecule has 1 fully saturated rings. The van der Waals surface area contributed by atoms with Gasteiger partial charge in [-0.25, -0.2) is 0 Å². The van der Waals surface area contributed by atoms with Gasteiger partial charge in [0.25, 0.3) is 0 Å². The van der Waals surface area contributed by atoms with Crippen LogP contribution in [0.4, 0.5) is 0 Å². The van der Waals surface area contributed by atoms with E-state index in [-0.39, 0.29) is 11.8 Å². The zero-order valence-corrected chi connectivity index (χ0v) is 15.5. The fourth-order valence-electron chi connectivity index (χ4n) is 2.62. The molecule has 3 N–H and O–H groups in total. The van der Waals surface area contributed by atoms with Crippen LogP contribution in [0.2, 0.25) is 0 Å². The normalized spacial score (nSPS) is 17.6. The van der Waals surface area contributed by atoms with Crippen LogP contribution in [-0.2, 0) is 4.79 Å². The van der Waals surface area contributed by atoms with Crippen LogP contribution in [0.5, 0.6) is 0 Å². The minimum absolute atomic E-state index is 0.0245. The van der Waals surface area contributed by atoms with Gasteiger partial charge in [-0.3, -0.25) is 9.79 Å². The first-order chi connectivity index (χ1) is 10.9. The first-order valence-electron chi connectivity index (χ1n) is 9.00. The third-order valence-corrected chi connectivity index (χ3v) is 4.15. The molecule has 6 nitrogen and oxygen atoms in total. The van der Waals surface area contributed by atoms with E-state index in [4.69, 9.17) is 0 Å². The van der Waals surface area contributed by atoms with Crippen molar-refractivity contribution in [3.63, 3.8) is 0 Å². The van der Waals surface area contributed by atoms with Gasteiger partial charge in [0.2, 0.25) is 5.91 Å². The number of hydrogen-bond donors (Lipinski definition) is 3. The average Bonchev–Trinajstić information content (AvgIpc) is 2.51. The number of carbonyl (C=O) groups excluding carboxylic acids is 1. The SMILES string of the molecule is CCNC(=NCCNC(=O)C(C)C)NC1CCN(C(C)C)CC1. The van der Waals surface area contributed by atoms with Crippen molar-refractivity contribution in [3.8, 4) is 0 Å². The van der Waals surface area contributed by atoms with E-state index in [2.05, 4.69) is 46.6 Å². The number of hydrogen-bond acceptors (Lipinski definition) is 3. The predicted octanol–water partition coefficient (Wildman–Crippen LogP) is 1.19. The van der Waals surface area contributed by atoms with E-state index in [1.807, 2.05) is 13.8 Å². The molecule has 1 rings (SSSR count). The minimum atomic E-state index is 0.0245. The summed E-state index contributed by atoms with van der Waals surface area (Å²) in [5, 5.41) is 9.71. The van der Waals surface area contributed by atoms with Crippen LogP contribution in [0, 0.1) is 5.92 Å². The van der Waals surface area contributed by atoms with Gasteiger partial charge in [-0.05, 0) is 33.6 Å². The number of rotatable bonds is 7. The molecule has 0 unspecified atom stereocenters. The first kappa shape index (κ1) is 19.7. The molecule has 23 heavy (non-hydrogen) atoms. The highest BCUT2D eigenvalue weighted by Crippen LogP contribution is 2.12. The van der Waals surface area contributed by atoms with Crippen molar-refractivity contribution in [2.45, 2.75) is 59.5 Å². The number of aliphatic imine (C=N–C) groups is 1. The lowest BCUT2D eigenvalue weighted by Gasteiger charge is -2.35. The molecule has 0 aromatic heterocycles. The molecule has 1 aliphatic rings. The first-order valence-corrected chi connectivity index (χ1v) is 9.00. The third kappa shape index (κ3) is 7.68. The zero-order valence-electron chi connectivity index (χ0n) is 15.5. The second-order valence-corrected chi connectivity index (χ2v) is 6.75. The largest absolute Gasteiger partial charge is 0.357 e. The van der Waals surface area contributed by atoms with Gasteiger partial charge in [0.15, 0.2) is 5.96 Å². The molecule has 1 amide bonds. The standard InChI is InChI=1S/C17H35N5O/c1-6-18-17(20-10-9-19-16(23)13(2)3)21-15-7-11-22(12-8-15)14(4)5/h13-15H,6-12H2,1-5H3,(H,19,23)(H2,18,20,21). The van der Waals surface area contributed by atoms with Gasteiger partial charge in [0.1, 0.15) is 0 Å². The fourth-order valence-corrected chi connectivity index (χ4v) is 2.62. The second-order valence-electron chi connectivity index (χ2n) is 6.75. The van der Waals surface area contributed by atoms with Crippen molar-refractivity contribution in [2.24, 2.45) is 10.9 Å². The van der Waals surface area contributed by atoms with Gasteiger partial charge in [0.05, 0.1) is 6.54 Å². The van der Waals surface area contributed by atoms with Crippen LogP contribution in [0.25, 0.3) is 0 Å². The Kier molecular flexibility index (Phi) is 8.99. The van der Waals surface area contributed by atoms with Crippen LogP contribution in [0.3, 0.4) is 0 Å². The number of likely N-dealkylation sites (tertiary alicyclic amines) is 1. The Labute approximate surface area is 141 Å². The maximum absolute atomic E-state index is 11.5. The van der Waals surface area contributed by atoms with Crippen molar-refractivity contribution in [3.05, 3.63) is 0 Å². The number of piperidine rings is 1. The van der Waals surface area contributed by atoms with Crippen molar-refractivity contribution in [1.29, 1.82) is 0 Å². The highest BCUT2D eigenvalue weighted by molar-refractivity contribution is 5.80. The summed E-state index contributed by atoms with van der Waals surface area (Å²) in [6.07, 6.45) is 2.29. The Morgan fingerprint density at radius 3 is 2.35 bits per heavy atom. The molecule has 0 bridgehead atoms. The van der Waals surface area contributed by atoms with E-state index in [1.165, 1.54) is 0 Å². The monoisotopic (exact) mass is 325 g/mol. The Hall–Kier alpha value is -1.30. The molecule has 0 aliphatic carbocycles. The van der Waals surface area contributed by atoms with Crippen LogP contribution in [0.1, 0.15) is 47.5 Å². The highest BCUT2D eigenvalue weighted by atomic mass is 16.1. The number of amides is 1. The van der Waals surface area contributed by atoms with E-state index in [0.717, 1.165) is 38.4 Å². The van der Waals surface area contributed by atoms with Gasteiger partial charge in [-0.1, -0.05) is 13.8 Å². The zero-order chi connectivity index (χ0) is 17.2. The number of nitrogens with one attached hydrogen (secondary N) is 3. The summed E-state index contributed by atoms with van der Waals surface area (Å²) in [5.74, 6) is 0.963. The van der Waals surface area contributed by atoms with Crippen molar-refractivity contribution in [2.75, 3.05) is 32.7 Å². The molecule has 0 atom stereocenters. The molecule has 0 spiro atoms. The molecule has 0 aromatic rings. The molecular weight excluding hydrogens is 290 g/mol. The van der Waals surface area contributed by atoms with Gasteiger partial charge < -0.3 is 20.9 Å². The average molecular weight is 326 g/mol. The highest BCUT2D eigenvalue weighted by Gasteiger charge is 2.21. The summed E-state index contributed by atoms with van der Waals surface area (Å²) < 4.78 is 0. The molecule has 134 valence electrons. The van der Waals surface area contributed by atoms with E-state index in [0.29, 0.717) is 25.2 Å². The van der Waals surface area contributed by atoms with E-state index in [1.54, 1.807) is 0 Å². The summed E-state index contributed by atoms with van der Waals surface area (Å²) in [7, 11) is 0. The van der Waals surface area contributed by atoms with Crippen LogP contribution >= 0.6 is 0 Å². The van der Waals surface area contributed by atoms with E-state index in [9.17, 15) is 4.79 Å². The number of guanidine groups is 1. The van der Waals surface area contributed by atoms with Crippen molar-refractivity contribution >= 4 is 11.9 Å². The van der Waals surface area contributed by atoms with Crippen LogP contribution in [0.15, 0.2) is 4.99 Å². The van der Waals surface area contributed by atoms with Crippen LogP contribution < -0.4 is 16.0 Å². The lowest BCUT2D eigenvalue weighted by atomic mass is 10.0. The fraction of sp³-hybridized carbons (Fsp3) is 0.882. The Morgan fingerprint density at radius 2 is 1.83 bits per heavy atom. The Morgan fingerprint density at radius 1 is 1.17 bits per heavy atom. The Bertz CT molecular complexity index is 373. The summed E-state index contributed by atoms with van der Waals surface area (Å²) in [6.45, 7) is 14.7. The van der Waals surface area contributed by atoms with E-state index >= 15 is 0 Å². The molecule has 0 saturated carbocycles. The summed E-state index contributed by atoms with van der Waals surface area (Å²) in [6, 6.07) is 1.11. The molecule has 6 heteroatoms. The number of carbonyl (C=O) groups is 1. The predicted molar refractivity (Wildman–Crippen MR) is 96.7 cm³/mol.